The van der Waals surface area contributed by atoms with E-state index >= 15 is 0 Å². The molecule has 1 aliphatic rings. The number of esters is 1. The van der Waals surface area contributed by atoms with Crippen LogP contribution in [0.25, 0.3) is 0 Å². The molecule has 0 radical (unpaired) electrons. The van der Waals surface area contributed by atoms with E-state index in [2.05, 4.69) is 15.3 Å². The number of anilines is 3. The number of hydrogen-bond acceptors (Lipinski definition) is 7. The van der Waals surface area contributed by atoms with Gasteiger partial charge in [-0.15, -0.1) is 11.3 Å². The molecule has 6 nitrogen and oxygen atoms in total. The van der Waals surface area contributed by atoms with Crippen LogP contribution in [0.2, 0.25) is 0 Å². The molecule has 2 heterocycles. The molecule has 21 heavy (non-hydrogen) atoms. The predicted molar refractivity (Wildman–Crippen MR) is 82.0 cm³/mol. The fourth-order valence-electron chi connectivity index (χ4n) is 2.37. The Balaban J connectivity index is 1.88. The smallest absolute Gasteiger partial charge is 0.340 e. The first-order valence-electron chi connectivity index (χ1n) is 6.77. The molecule has 0 amide bonds. The van der Waals surface area contributed by atoms with Crippen LogP contribution in [0.4, 0.5) is 16.6 Å². The first-order chi connectivity index (χ1) is 10.2. The Labute approximate surface area is 126 Å². The SMILES string of the molecule is COC(=O)c1ccnc(Nc2nc3c(s2)CCCC3)c1N. The molecular formula is C14H16N4O2S. The lowest BCUT2D eigenvalue weighted by Gasteiger charge is -2.08. The van der Waals surface area contributed by atoms with Crippen LogP contribution < -0.4 is 11.1 Å². The van der Waals surface area contributed by atoms with Crippen molar-refractivity contribution in [2.24, 2.45) is 0 Å². The lowest BCUT2D eigenvalue weighted by atomic mass is 10.0. The van der Waals surface area contributed by atoms with Gasteiger partial charge in [-0.25, -0.2) is 14.8 Å². The van der Waals surface area contributed by atoms with Crippen molar-refractivity contribution in [1.82, 2.24) is 9.97 Å². The summed E-state index contributed by atoms with van der Waals surface area (Å²) in [6, 6.07) is 1.54. The minimum atomic E-state index is -0.476. The molecule has 0 aromatic carbocycles. The molecular weight excluding hydrogens is 288 g/mol. The maximum Gasteiger partial charge on any atom is 0.340 e. The van der Waals surface area contributed by atoms with Crippen LogP contribution in [-0.4, -0.2) is 23.0 Å². The van der Waals surface area contributed by atoms with Crippen molar-refractivity contribution in [3.8, 4) is 0 Å². The quantitative estimate of drug-likeness (QED) is 0.847. The van der Waals surface area contributed by atoms with Crippen LogP contribution in [-0.2, 0) is 17.6 Å². The third-order valence-electron chi connectivity index (χ3n) is 3.47. The molecule has 0 unspecified atom stereocenters. The number of thiazole rings is 1. The molecule has 0 saturated carbocycles. The van der Waals surface area contributed by atoms with Crippen molar-refractivity contribution >= 4 is 33.9 Å². The van der Waals surface area contributed by atoms with Gasteiger partial charge in [-0.2, -0.15) is 0 Å². The van der Waals surface area contributed by atoms with Crippen molar-refractivity contribution in [3.63, 3.8) is 0 Å². The van der Waals surface area contributed by atoms with E-state index in [1.54, 1.807) is 17.4 Å². The van der Waals surface area contributed by atoms with Gasteiger partial charge in [-0.05, 0) is 31.7 Å². The number of nitrogen functional groups attached to an aromatic ring is 1. The van der Waals surface area contributed by atoms with Gasteiger partial charge in [0.15, 0.2) is 10.9 Å². The number of nitrogens with one attached hydrogen (secondary N) is 1. The van der Waals surface area contributed by atoms with Gasteiger partial charge in [-0.1, -0.05) is 0 Å². The van der Waals surface area contributed by atoms with Crippen LogP contribution in [0.3, 0.4) is 0 Å². The molecule has 3 rings (SSSR count). The second-order valence-electron chi connectivity index (χ2n) is 4.83. The van der Waals surface area contributed by atoms with E-state index in [4.69, 9.17) is 10.5 Å². The van der Waals surface area contributed by atoms with Crippen molar-refractivity contribution in [2.75, 3.05) is 18.2 Å². The van der Waals surface area contributed by atoms with Gasteiger partial charge >= 0.3 is 5.97 Å². The predicted octanol–water partition coefficient (Wildman–Crippen LogP) is 2.53. The summed E-state index contributed by atoms with van der Waals surface area (Å²) >= 11 is 1.62. The lowest BCUT2D eigenvalue weighted by molar-refractivity contribution is 0.0602. The monoisotopic (exact) mass is 304 g/mol. The number of nitrogens with two attached hydrogens (primary N) is 1. The summed E-state index contributed by atoms with van der Waals surface area (Å²) in [5.41, 5.74) is 7.72. The summed E-state index contributed by atoms with van der Waals surface area (Å²) < 4.78 is 4.70. The number of aryl methyl sites for hydroxylation is 2. The molecule has 110 valence electrons. The Kier molecular flexibility index (Phi) is 3.74. The summed E-state index contributed by atoms with van der Waals surface area (Å²) in [7, 11) is 1.32. The second-order valence-corrected chi connectivity index (χ2v) is 5.92. The summed E-state index contributed by atoms with van der Waals surface area (Å²) in [5, 5.41) is 3.88. The highest BCUT2D eigenvalue weighted by Gasteiger charge is 2.18. The van der Waals surface area contributed by atoms with E-state index in [9.17, 15) is 4.79 Å². The maximum atomic E-state index is 11.6. The van der Waals surface area contributed by atoms with Crippen LogP contribution in [0.15, 0.2) is 12.3 Å². The number of pyridine rings is 1. The second kappa shape index (κ2) is 5.69. The minimum absolute atomic E-state index is 0.275. The highest BCUT2D eigenvalue weighted by molar-refractivity contribution is 7.15. The number of aromatic nitrogens is 2. The summed E-state index contributed by atoms with van der Waals surface area (Å²) in [6.07, 6.45) is 6.04. The molecule has 1 aliphatic carbocycles. The fourth-order valence-corrected chi connectivity index (χ4v) is 3.42. The Morgan fingerprint density at radius 2 is 2.24 bits per heavy atom. The molecule has 7 heteroatoms. The first kappa shape index (κ1) is 13.8. The Morgan fingerprint density at radius 1 is 1.43 bits per heavy atom. The number of rotatable bonds is 3. The molecule has 0 fully saturated rings. The van der Waals surface area contributed by atoms with Crippen LogP contribution in [0.1, 0.15) is 33.8 Å². The average molecular weight is 304 g/mol. The van der Waals surface area contributed by atoms with Crippen molar-refractivity contribution in [2.45, 2.75) is 25.7 Å². The van der Waals surface area contributed by atoms with Gasteiger partial charge in [0.25, 0.3) is 0 Å². The molecule has 2 aromatic rings. The number of carbonyl (C=O) groups is 1. The van der Waals surface area contributed by atoms with E-state index in [1.165, 1.54) is 31.0 Å². The van der Waals surface area contributed by atoms with Crippen LogP contribution >= 0.6 is 11.3 Å². The standard InChI is InChI=1S/C14H16N4O2S/c1-20-13(19)8-6-7-16-12(11(8)15)18-14-17-9-4-2-3-5-10(9)21-14/h6-7H,2-5,15H2,1H3,(H,16,17,18). The highest BCUT2D eigenvalue weighted by Crippen LogP contribution is 2.32. The summed E-state index contributed by atoms with van der Waals surface area (Å²) in [5.74, 6) is -0.0413. The normalized spacial score (nSPS) is 13.6. The van der Waals surface area contributed by atoms with Crippen molar-refractivity contribution in [1.29, 1.82) is 0 Å². The van der Waals surface area contributed by atoms with Gasteiger partial charge in [0.1, 0.15) is 0 Å². The number of nitrogens with zero attached hydrogens (tertiary/aromatic N) is 2. The van der Waals surface area contributed by atoms with Crippen LogP contribution in [0, 0.1) is 0 Å². The lowest BCUT2D eigenvalue weighted by Crippen LogP contribution is -2.09. The summed E-state index contributed by atoms with van der Waals surface area (Å²) in [4.78, 5) is 21.7. The zero-order valence-electron chi connectivity index (χ0n) is 11.7. The van der Waals surface area contributed by atoms with Gasteiger partial charge in [0, 0.05) is 11.1 Å². The fraction of sp³-hybridized carbons (Fsp3) is 0.357. The molecule has 0 bridgehead atoms. The molecule has 3 N–H and O–H groups in total. The van der Waals surface area contributed by atoms with E-state index in [-0.39, 0.29) is 5.69 Å². The zero-order valence-corrected chi connectivity index (χ0v) is 12.5. The Bertz CT molecular complexity index is 660. The number of methoxy groups -OCH3 is 1. The van der Waals surface area contributed by atoms with E-state index in [0.717, 1.165) is 23.7 Å². The van der Waals surface area contributed by atoms with Gasteiger partial charge < -0.3 is 15.8 Å². The topological polar surface area (TPSA) is 90.1 Å². The average Bonchev–Trinajstić information content (AvgIpc) is 2.91. The minimum Gasteiger partial charge on any atom is -0.465 e. The van der Waals surface area contributed by atoms with Crippen molar-refractivity contribution in [3.05, 3.63) is 28.4 Å². The van der Waals surface area contributed by atoms with E-state index in [1.807, 2.05) is 0 Å². The maximum absolute atomic E-state index is 11.6. The van der Waals surface area contributed by atoms with Gasteiger partial charge in [0.05, 0.1) is 24.1 Å². The Hall–Kier alpha value is -2.15. The molecule has 0 atom stereocenters. The van der Waals surface area contributed by atoms with E-state index in [0.29, 0.717) is 11.4 Å². The van der Waals surface area contributed by atoms with Crippen molar-refractivity contribution < 1.29 is 9.53 Å². The number of hydrogen-bond donors (Lipinski definition) is 2. The molecule has 0 aliphatic heterocycles. The molecule has 0 saturated heterocycles. The van der Waals surface area contributed by atoms with Crippen LogP contribution in [0.5, 0.6) is 0 Å². The molecule has 2 aromatic heterocycles. The highest BCUT2D eigenvalue weighted by atomic mass is 32.1. The van der Waals surface area contributed by atoms with E-state index < -0.39 is 5.97 Å². The third-order valence-corrected chi connectivity index (χ3v) is 4.54. The first-order valence-corrected chi connectivity index (χ1v) is 7.59. The number of carbonyl (C=O) groups excluding carboxylic acids is 1. The summed E-state index contributed by atoms with van der Waals surface area (Å²) in [6.45, 7) is 0. The number of ether oxygens (including phenoxy) is 1. The third kappa shape index (κ3) is 2.69. The largest absolute Gasteiger partial charge is 0.465 e. The number of fused-ring (bicyclic) bond motifs is 1. The van der Waals surface area contributed by atoms with Gasteiger partial charge in [0.2, 0.25) is 0 Å². The molecule has 0 spiro atoms. The zero-order chi connectivity index (χ0) is 14.8. The van der Waals surface area contributed by atoms with Gasteiger partial charge in [-0.3, -0.25) is 0 Å². The Morgan fingerprint density at radius 3 is 3.00 bits per heavy atom.